The quantitative estimate of drug-likeness (QED) is 0.629. The largest absolute Gasteiger partial charge is 0.393 e. The summed E-state index contributed by atoms with van der Waals surface area (Å²) >= 11 is 5.98. The van der Waals surface area contributed by atoms with Gasteiger partial charge in [0, 0.05) is 12.3 Å². The van der Waals surface area contributed by atoms with E-state index in [1.54, 1.807) is 0 Å². The number of rotatable bonds is 3. The van der Waals surface area contributed by atoms with Crippen LogP contribution in [-0.2, 0) is 4.74 Å². The van der Waals surface area contributed by atoms with Crippen LogP contribution in [0.25, 0.3) is 0 Å². The molecule has 0 aliphatic carbocycles. The minimum absolute atomic E-state index is 0.608. The highest BCUT2D eigenvalue weighted by Crippen LogP contribution is 2.42. The Labute approximate surface area is 117 Å². The van der Waals surface area contributed by atoms with Gasteiger partial charge in [-0.25, -0.2) is 9.18 Å². The number of hydrogen-bond acceptors (Lipinski definition) is 5. The number of aliphatic hydroxyl groups excluding tert-OH is 2. The summed E-state index contributed by atoms with van der Waals surface area (Å²) in [5, 5.41) is 18.2. The molecule has 0 aromatic carbocycles. The van der Waals surface area contributed by atoms with Crippen LogP contribution in [0.15, 0.2) is 21.9 Å². The molecular formula is C11H14ClFN2O5. The van der Waals surface area contributed by atoms with Crippen molar-refractivity contribution < 1.29 is 19.3 Å². The summed E-state index contributed by atoms with van der Waals surface area (Å²) in [7, 11) is 0. The molecule has 0 saturated carbocycles. The Morgan fingerprint density at radius 1 is 1.65 bits per heavy atom. The van der Waals surface area contributed by atoms with Crippen molar-refractivity contribution in [2.24, 2.45) is 0 Å². The molecule has 1 aromatic heterocycles. The lowest BCUT2D eigenvalue weighted by Gasteiger charge is -2.31. The first kappa shape index (κ1) is 15.2. The van der Waals surface area contributed by atoms with Crippen molar-refractivity contribution in [3.8, 4) is 0 Å². The number of alkyl halides is 2. The molecule has 0 amide bonds. The van der Waals surface area contributed by atoms with Gasteiger partial charge in [-0.3, -0.25) is 14.3 Å². The molecule has 1 saturated heterocycles. The van der Waals surface area contributed by atoms with Crippen LogP contribution in [0, 0.1) is 0 Å². The number of aromatic amines is 1. The summed E-state index contributed by atoms with van der Waals surface area (Å²) in [5.41, 5.74) is -3.32. The van der Waals surface area contributed by atoms with Gasteiger partial charge in [0.1, 0.15) is 17.7 Å². The van der Waals surface area contributed by atoms with Crippen LogP contribution in [0.2, 0.25) is 0 Å². The van der Waals surface area contributed by atoms with Crippen LogP contribution < -0.4 is 11.2 Å². The van der Waals surface area contributed by atoms with Crippen molar-refractivity contribution in [1.82, 2.24) is 9.55 Å². The Morgan fingerprint density at radius 3 is 2.75 bits per heavy atom. The number of hydrogen-bond donors (Lipinski definition) is 3. The second-order valence-corrected chi connectivity index (χ2v) is 5.15. The molecule has 5 atom stereocenters. The van der Waals surface area contributed by atoms with E-state index in [1.165, 1.54) is 0 Å². The molecule has 0 spiro atoms. The Hall–Kier alpha value is -1.22. The molecule has 2 rings (SSSR count). The molecular weight excluding hydrogens is 295 g/mol. The third kappa shape index (κ3) is 2.18. The predicted molar refractivity (Wildman–Crippen MR) is 67.5 cm³/mol. The van der Waals surface area contributed by atoms with Gasteiger partial charge < -0.3 is 14.9 Å². The highest BCUT2D eigenvalue weighted by atomic mass is 35.5. The number of ether oxygens (including phenoxy) is 1. The molecule has 20 heavy (non-hydrogen) atoms. The minimum atomic E-state index is -1.91. The fourth-order valence-electron chi connectivity index (χ4n) is 2.21. The van der Waals surface area contributed by atoms with Gasteiger partial charge in [-0.15, -0.1) is 11.6 Å². The average Bonchev–Trinajstić information content (AvgIpc) is 2.64. The van der Waals surface area contributed by atoms with E-state index >= 15 is 0 Å². The zero-order chi connectivity index (χ0) is 15.1. The van der Waals surface area contributed by atoms with E-state index in [9.17, 15) is 24.2 Å². The summed E-state index contributed by atoms with van der Waals surface area (Å²) in [6.45, 7) is 0.310. The zero-order valence-corrected chi connectivity index (χ0v) is 11.2. The molecule has 112 valence electrons. The Balaban J connectivity index is 2.45. The lowest BCUT2D eigenvalue weighted by atomic mass is 9.93. The van der Waals surface area contributed by atoms with Crippen molar-refractivity contribution in [1.29, 1.82) is 0 Å². The summed E-state index contributed by atoms with van der Waals surface area (Å²) < 4.78 is 19.9. The molecule has 0 bridgehead atoms. The number of aromatic nitrogens is 2. The lowest BCUT2D eigenvalue weighted by Crippen LogP contribution is -2.51. The summed E-state index contributed by atoms with van der Waals surface area (Å²) in [4.78, 5) is 24.7. The number of aliphatic hydroxyl groups is 2. The molecule has 2 heterocycles. The lowest BCUT2D eigenvalue weighted by molar-refractivity contribution is -0.161. The zero-order valence-electron chi connectivity index (χ0n) is 10.5. The first-order valence-electron chi connectivity index (χ1n) is 5.90. The summed E-state index contributed by atoms with van der Waals surface area (Å²) in [6, 6.07) is 1.07. The highest BCUT2D eigenvalue weighted by Gasteiger charge is 2.58. The van der Waals surface area contributed by atoms with E-state index in [2.05, 4.69) is 0 Å². The highest BCUT2D eigenvalue weighted by molar-refractivity contribution is 6.21. The fourth-order valence-corrected chi connectivity index (χ4v) is 2.59. The Kier molecular flexibility index (Phi) is 4.01. The van der Waals surface area contributed by atoms with Gasteiger partial charge in [0.15, 0.2) is 11.8 Å². The van der Waals surface area contributed by atoms with Crippen LogP contribution in [0.5, 0.6) is 0 Å². The van der Waals surface area contributed by atoms with Gasteiger partial charge in [0.25, 0.3) is 5.56 Å². The first-order valence-corrected chi connectivity index (χ1v) is 6.33. The number of halogens is 2. The van der Waals surface area contributed by atoms with Crippen LogP contribution in [0.4, 0.5) is 4.39 Å². The van der Waals surface area contributed by atoms with Crippen LogP contribution in [0.1, 0.15) is 13.2 Å². The van der Waals surface area contributed by atoms with Crippen molar-refractivity contribution in [3.63, 3.8) is 0 Å². The van der Waals surface area contributed by atoms with Gasteiger partial charge in [0.05, 0.1) is 6.61 Å². The molecule has 0 unspecified atom stereocenters. The third-order valence-corrected chi connectivity index (χ3v) is 3.91. The second-order valence-electron chi connectivity index (χ2n) is 4.64. The maximum atomic E-state index is 13.7. The first-order chi connectivity index (χ1) is 9.33. The van der Waals surface area contributed by atoms with Crippen molar-refractivity contribution in [3.05, 3.63) is 33.1 Å². The Morgan fingerprint density at radius 2 is 2.30 bits per heavy atom. The number of nitrogens with one attached hydrogen (secondary N) is 1. The monoisotopic (exact) mass is 308 g/mol. The van der Waals surface area contributed by atoms with E-state index in [0.29, 0.717) is 0 Å². The molecule has 9 heteroatoms. The maximum Gasteiger partial charge on any atom is 0.330 e. The SMILES string of the molecule is C[C@@H](F)[C@]1(CO)O[C@@H](n2ccc(=O)[nH]c2=O)[C@H](Cl)[C@@H]1O. The van der Waals surface area contributed by atoms with Crippen LogP contribution in [-0.4, -0.2) is 49.6 Å². The van der Waals surface area contributed by atoms with Gasteiger partial charge in [-0.2, -0.15) is 0 Å². The van der Waals surface area contributed by atoms with E-state index < -0.39 is 47.3 Å². The van der Waals surface area contributed by atoms with Gasteiger partial charge in [-0.1, -0.05) is 0 Å². The van der Waals surface area contributed by atoms with Crippen molar-refractivity contribution in [2.45, 2.75) is 36.4 Å². The van der Waals surface area contributed by atoms with Crippen molar-refractivity contribution >= 4 is 11.6 Å². The summed E-state index contributed by atoms with van der Waals surface area (Å²) in [5.74, 6) is 0. The fraction of sp³-hybridized carbons (Fsp3) is 0.636. The average molecular weight is 309 g/mol. The van der Waals surface area contributed by atoms with Crippen LogP contribution >= 0.6 is 11.6 Å². The van der Waals surface area contributed by atoms with Gasteiger partial charge in [-0.05, 0) is 6.92 Å². The molecule has 1 aliphatic heterocycles. The van der Waals surface area contributed by atoms with Gasteiger partial charge in [0.2, 0.25) is 0 Å². The second kappa shape index (κ2) is 5.28. The van der Waals surface area contributed by atoms with E-state index in [4.69, 9.17) is 16.3 Å². The minimum Gasteiger partial charge on any atom is -0.393 e. The standard InChI is InChI=1S/C11H14ClFN2O5/c1-5(13)11(4-16)8(18)7(12)9(20-11)15-3-2-6(17)14-10(15)19/h2-3,5,7-9,16,18H,4H2,1H3,(H,14,17,19)/t5-,7-,8+,9-,11+/m1/s1. The van der Waals surface area contributed by atoms with E-state index in [1.807, 2.05) is 4.98 Å². The summed E-state index contributed by atoms with van der Waals surface area (Å²) in [6.07, 6.45) is -3.31. The third-order valence-electron chi connectivity index (χ3n) is 3.46. The molecule has 3 N–H and O–H groups in total. The number of H-pyrrole nitrogens is 1. The molecule has 7 nitrogen and oxygen atoms in total. The molecule has 1 fully saturated rings. The van der Waals surface area contributed by atoms with Gasteiger partial charge >= 0.3 is 5.69 Å². The molecule has 0 radical (unpaired) electrons. The van der Waals surface area contributed by atoms with Crippen molar-refractivity contribution in [2.75, 3.05) is 6.61 Å². The topological polar surface area (TPSA) is 105 Å². The predicted octanol–water partition coefficient (Wildman–Crippen LogP) is -0.877. The molecule has 1 aromatic rings. The smallest absolute Gasteiger partial charge is 0.330 e. The van der Waals surface area contributed by atoms with E-state index in [0.717, 1.165) is 23.8 Å². The maximum absolute atomic E-state index is 13.7. The molecule has 1 aliphatic rings. The Bertz CT molecular complexity index is 603. The van der Waals surface area contributed by atoms with E-state index in [-0.39, 0.29) is 0 Å². The number of nitrogens with zero attached hydrogens (tertiary/aromatic N) is 1. The normalized spacial score (nSPS) is 35.1. The van der Waals surface area contributed by atoms with Crippen LogP contribution in [0.3, 0.4) is 0 Å².